The van der Waals surface area contributed by atoms with Crippen molar-refractivity contribution in [2.75, 3.05) is 20.1 Å². The second-order valence-corrected chi connectivity index (χ2v) is 7.21. The third-order valence-corrected chi connectivity index (χ3v) is 5.12. The maximum Gasteiger partial charge on any atom is 0.127 e. The molecule has 0 saturated heterocycles. The standard InChI is InChI=1S/C24H31NO/c1-3-4-5-10-17-25(2)18-11-15-22-21-13-7-6-12-20(21)19-26-24-16-9-8-14-23(22)24/h6-9,12-16H,3-5,10-11,17-19H2,1-2H3. The molecular weight excluding hydrogens is 318 g/mol. The van der Waals surface area contributed by atoms with Crippen LogP contribution in [0.15, 0.2) is 54.6 Å². The normalized spacial score (nSPS) is 14.7. The summed E-state index contributed by atoms with van der Waals surface area (Å²) in [6.45, 7) is 5.20. The number of hydrogen-bond acceptors (Lipinski definition) is 2. The van der Waals surface area contributed by atoms with Gasteiger partial charge in [0, 0.05) is 12.1 Å². The lowest BCUT2D eigenvalue weighted by atomic mass is 9.93. The van der Waals surface area contributed by atoms with Crippen LogP contribution in [0, 0.1) is 0 Å². The van der Waals surface area contributed by atoms with Crippen LogP contribution in [0.3, 0.4) is 0 Å². The monoisotopic (exact) mass is 349 g/mol. The van der Waals surface area contributed by atoms with Gasteiger partial charge in [-0.1, -0.05) is 74.7 Å². The van der Waals surface area contributed by atoms with Gasteiger partial charge < -0.3 is 9.64 Å². The van der Waals surface area contributed by atoms with Crippen LogP contribution in [0.5, 0.6) is 5.75 Å². The van der Waals surface area contributed by atoms with Crippen molar-refractivity contribution in [3.63, 3.8) is 0 Å². The molecule has 0 amide bonds. The van der Waals surface area contributed by atoms with E-state index in [1.165, 1.54) is 54.5 Å². The maximum absolute atomic E-state index is 6.06. The third-order valence-electron chi connectivity index (χ3n) is 5.12. The van der Waals surface area contributed by atoms with Gasteiger partial charge in [-0.3, -0.25) is 0 Å². The van der Waals surface area contributed by atoms with Crippen LogP contribution >= 0.6 is 0 Å². The van der Waals surface area contributed by atoms with E-state index in [0.29, 0.717) is 6.61 Å². The molecule has 1 aliphatic rings. The minimum Gasteiger partial charge on any atom is -0.488 e. The van der Waals surface area contributed by atoms with E-state index in [0.717, 1.165) is 18.7 Å². The molecule has 1 aliphatic heterocycles. The van der Waals surface area contributed by atoms with E-state index in [1.807, 2.05) is 0 Å². The zero-order chi connectivity index (χ0) is 18.2. The lowest BCUT2D eigenvalue weighted by Gasteiger charge is -2.16. The van der Waals surface area contributed by atoms with E-state index < -0.39 is 0 Å². The van der Waals surface area contributed by atoms with Gasteiger partial charge in [0.15, 0.2) is 0 Å². The zero-order valence-electron chi connectivity index (χ0n) is 16.2. The molecule has 2 heteroatoms. The van der Waals surface area contributed by atoms with Crippen LogP contribution in [0.4, 0.5) is 0 Å². The van der Waals surface area contributed by atoms with Crippen molar-refractivity contribution in [2.45, 2.75) is 45.6 Å². The molecule has 0 unspecified atom stereocenters. The fraction of sp³-hybridized carbons (Fsp3) is 0.417. The SMILES string of the molecule is CCCCCCN(C)CCC=C1c2ccccc2COc2ccccc21. The molecule has 2 nitrogen and oxygen atoms in total. The Bertz CT molecular complexity index is 685. The maximum atomic E-state index is 6.06. The molecule has 0 radical (unpaired) electrons. The Kier molecular flexibility index (Phi) is 6.90. The van der Waals surface area contributed by atoms with Crippen molar-refractivity contribution in [3.05, 3.63) is 71.3 Å². The summed E-state index contributed by atoms with van der Waals surface area (Å²) in [4.78, 5) is 2.46. The summed E-state index contributed by atoms with van der Waals surface area (Å²) in [5.41, 5.74) is 5.10. The Hall–Kier alpha value is -2.06. The number of fused-ring (bicyclic) bond motifs is 2. The molecule has 138 valence electrons. The summed E-state index contributed by atoms with van der Waals surface area (Å²) in [6.07, 6.45) is 8.76. The number of ether oxygens (including phenoxy) is 1. The van der Waals surface area contributed by atoms with Gasteiger partial charge in [-0.2, -0.15) is 0 Å². The summed E-state index contributed by atoms with van der Waals surface area (Å²) in [5, 5.41) is 0. The van der Waals surface area contributed by atoms with Crippen molar-refractivity contribution in [1.82, 2.24) is 4.90 Å². The minimum atomic E-state index is 0.641. The van der Waals surface area contributed by atoms with Gasteiger partial charge in [0.05, 0.1) is 0 Å². The van der Waals surface area contributed by atoms with Gasteiger partial charge in [0.1, 0.15) is 12.4 Å². The van der Waals surface area contributed by atoms with Crippen molar-refractivity contribution in [2.24, 2.45) is 0 Å². The Balaban J connectivity index is 1.72. The van der Waals surface area contributed by atoms with Crippen LogP contribution in [-0.2, 0) is 6.61 Å². The van der Waals surface area contributed by atoms with Crippen LogP contribution < -0.4 is 4.74 Å². The topological polar surface area (TPSA) is 12.5 Å². The molecule has 0 spiro atoms. The predicted molar refractivity (Wildman–Crippen MR) is 111 cm³/mol. The summed E-state index contributed by atoms with van der Waals surface area (Å²) in [6, 6.07) is 17.0. The molecule has 0 bridgehead atoms. The molecule has 0 N–H and O–H groups in total. The fourth-order valence-corrected chi connectivity index (χ4v) is 3.59. The Morgan fingerprint density at radius 1 is 0.923 bits per heavy atom. The number of para-hydroxylation sites is 1. The van der Waals surface area contributed by atoms with Crippen molar-refractivity contribution in [1.29, 1.82) is 0 Å². The summed E-state index contributed by atoms with van der Waals surface area (Å²) >= 11 is 0. The summed E-state index contributed by atoms with van der Waals surface area (Å²) < 4.78 is 6.06. The average molecular weight is 350 g/mol. The first-order valence-corrected chi connectivity index (χ1v) is 9.98. The van der Waals surface area contributed by atoms with Gasteiger partial charge in [-0.15, -0.1) is 0 Å². The van der Waals surface area contributed by atoms with E-state index in [9.17, 15) is 0 Å². The molecule has 0 saturated carbocycles. The molecule has 0 fully saturated rings. The molecule has 1 heterocycles. The van der Waals surface area contributed by atoms with Gasteiger partial charge in [-0.25, -0.2) is 0 Å². The first-order valence-electron chi connectivity index (χ1n) is 9.98. The van der Waals surface area contributed by atoms with Crippen LogP contribution in [0.2, 0.25) is 0 Å². The van der Waals surface area contributed by atoms with Crippen LogP contribution in [-0.4, -0.2) is 25.0 Å². The van der Waals surface area contributed by atoms with Crippen molar-refractivity contribution in [3.8, 4) is 5.75 Å². The zero-order valence-corrected chi connectivity index (χ0v) is 16.2. The quantitative estimate of drug-likeness (QED) is 0.549. The van der Waals surface area contributed by atoms with Crippen molar-refractivity contribution < 1.29 is 4.74 Å². The Morgan fingerprint density at radius 2 is 1.69 bits per heavy atom. The first-order chi connectivity index (χ1) is 12.8. The highest BCUT2D eigenvalue weighted by Crippen LogP contribution is 2.36. The van der Waals surface area contributed by atoms with E-state index >= 15 is 0 Å². The lowest BCUT2D eigenvalue weighted by molar-refractivity contribution is 0.307. The molecule has 0 atom stereocenters. The highest BCUT2D eigenvalue weighted by molar-refractivity contribution is 5.84. The van der Waals surface area contributed by atoms with Crippen LogP contribution in [0.1, 0.15) is 55.7 Å². The molecule has 2 aromatic carbocycles. The highest BCUT2D eigenvalue weighted by atomic mass is 16.5. The molecular formula is C24H31NO. The fourth-order valence-electron chi connectivity index (χ4n) is 3.59. The smallest absolute Gasteiger partial charge is 0.127 e. The summed E-state index contributed by atoms with van der Waals surface area (Å²) in [5.74, 6) is 0.989. The second kappa shape index (κ2) is 9.59. The molecule has 0 aliphatic carbocycles. The van der Waals surface area contributed by atoms with E-state index in [4.69, 9.17) is 4.74 Å². The van der Waals surface area contributed by atoms with Gasteiger partial charge in [0.25, 0.3) is 0 Å². The Morgan fingerprint density at radius 3 is 2.54 bits per heavy atom. The number of rotatable bonds is 8. The van der Waals surface area contributed by atoms with Crippen LogP contribution in [0.25, 0.3) is 5.57 Å². The average Bonchev–Trinajstić information content (AvgIpc) is 2.83. The van der Waals surface area contributed by atoms with E-state index in [-0.39, 0.29) is 0 Å². The van der Waals surface area contributed by atoms with E-state index in [1.54, 1.807) is 0 Å². The second-order valence-electron chi connectivity index (χ2n) is 7.21. The Labute approximate surface area is 158 Å². The lowest BCUT2D eigenvalue weighted by Crippen LogP contribution is -2.20. The number of benzene rings is 2. The minimum absolute atomic E-state index is 0.641. The third kappa shape index (κ3) is 4.76. The first kappa shape index (κ1) is 18.7. The van der Waals surface area contributed by atoms with E-state index in [2.05, 4.69) is 73.5 Å². The van der Waals surface area contributed by atoms with Gasteiger partial charge >= 0.3 is 0 Å². The molecule has 26 heavy (non-hydrogen) atoms. The molecule has 2 aromatic rings. The number of unbranched alkanes of at least 4 members (excludes halogenated alkanes) is 3. The summed E-state index contributed by atoms with van der Waals surface area (Å²) in [7, 11) is 2.24. The highest BCUT2D eigenvalue weighted by Gasteiger charge is 2.18. The largest absolute Gasteiger partial charge is 0.488 e. The number of hydrogen-bond donors (Lipinski definition) is 0. The predicted octanol–water partition coefficient (Wildman–Crippen LogP) is 5.91. The van der Waals surface area contributed by atoms with Crippen molar-refractivity contribution >= 4 is 5.57 Å². The molecule has 0 aromatic heterocycles. The molecule has 3 rings (SSSR count). The van der Waals surface area contributed by atoms with Gasteiger partial charge in [0.2, 0.25) is 0 Å². The number of nitrogens with zero attached hydrogens (tertiary/aromatic N) is 1. The van der Waals surface area contributed by atoms with Gasteiger partial charge in [-0.05, 0) is 49.2 Å².